The highest BCUT2D eigenvalue weighted by atomic mass is 32.1. The number of likely N-dealkylation sites (tertiary alicyclic amines) is 1. The van der Waals surface area contributed by atoms with Gasteiger partial charge in [0.05, 0.1) is 17.7 Å². The summed E-state index contributed by atoms with van der Waals surface area (Å²) in [6, 6.07) is 5.30. The molecule has 8 heteroatoms. The highest BCUT2D eigenvalue weighted by Gasteiger charge is 2.30. The fourth-order valence-corrected chi connectivity index (χ4v) is 3.74. The van der Waals surface area contributed by atoms with E-state index in [-0.39, 0.29) is 11.8 Å². The Labute approximate surface area is 142 Å². The Hall–Kier alpha value is -2.48. The first kappa shape index (κ1) is 15.1. The molecule has 7 nitrogen and oxygen atoms in total. The second-order valence-electron chi connectivity index (χ2n) is 5.89. The van der Waals surface area contributed by atoms with Crippen molar-refractivity contribution in [2.45, 2.75) is 25.7 Å². The lowest BCUT2D eigenvalue weighted by atomic mass is 9.93. The van der Waals surface area contributed by atoms with Crippen LogP contribution in [0.1, 0.15) is 40.7 Å². The predicted molar refractivity (Wildman–Crippen MR) is 86.7 cm³/mol. The van der Waals surface area contributed by atoms with E-state index in [1.807, 2.05) is 17.9 Å². The first-order valence-corrected chi connectivity index (χ1v) is 8.58. The highest BCUT2D eigenvalue weighted by molar-refractivity contribution is 7.09. The van der Waals surface area contributed by atoms with E-state index >= 15 is 0 Å². The van der Waals surface area contributed by atoms with Gasteiger partial charge < -0.3 is 13.8 Å². The molecule has 4 rings (SSSR count). The van der Waals surface area contributed by atoms with Gasteiger partial charge in [0.25, 0.3) is 5.91 Å². The average molecular weight is 344 g/mol. The number of aromatic nitrogens is 3. The van der Waals surface area contributed by atoms with E-state index < -0.39 is 0 Å². The molecule has 3 aromatic heterocycles. The molecular formula is C16H16N4O3S. The van der Waals surface area contributed by atoms with Crippen LogP contribution < -0.4 is 0 Å². The first-order chi connectivity index (χ1) is 11.7. The van der Waals surface area contributed by atoms with Crippen LogP contribution >= 0.6 is 11.5 Å². The number of amides is 1. The van der Waals surface area contributed by atoms with Crippen LogP contribution in [0.3, 0.4) is 0 Å². The predicted octanol–water partition coefficient (Wildman–Crippen LogP) is 3.11. The molecule has 1 atom stereocenters. The third-order valence-corrected chi connectivity index (χ3v) is 4.95. The number of nitrogens with zero attached hydrogens (tertiary/aromatic N) is 4. The third kappa shape index (κ3) is 2.73. The van der Waals surface area contributed by atoms with Gasteiger partial charge in [-0.25, -0.2) is 0 Å². The number of carbonyl (C=O) groups is 1. The van der Waals surface area contributed by atoms with E-state index in [2.05, 4.69) is 14.7 Å². The maximum atomic E-state index is 12.5. The van der Waals surface area contributed by atoms with Gasteiger partial charge in [0.15, 0.2) is 11.5 Å². The molecule has 0 spiro atoms. The van der Waals surface area contributed by atoms with Crippen molar-refractivity contribution in [3.63, 3.8) is 0 Å². The van der Waals surface area contributed by atoms with Crippen LogP contribution in [0.5, 0.6) is 0 Å². The van der Waals surface area contributed by atoms with Gasteiger partial charge in [-0.15, -0.1) is 5.10 Å². The van der Waals surface area contributed by atoms with Gasteiger partial charge in [-0.05, 0) is 43.4 Å². The molecule has 124 valence electrons. The van der Waals surface area contributed by atoms with Crippen LogP contribution in [0.15, 0.2) is 33.4 Å². The Morgan fingerprint density at radius 2 is 2.38 bits per heavy atom. The van der Waals surface area contributed by atoms with Gasteiger partial charge in [-0.2, -0.15) is 0 Å². The van der Waals surface area contributed by atoms with E-state index in [1.165, 1.54) is 17.8 Å². The summed E-state index contributed by atoms with van der Waals surface area (Å²) < 4.78 is 14.7. The second kappa shape index (κ2) is 6.20. The van der Waals surface area contributed by atoms with Crippen molar-refractivity contribution in [3.8, 4) is 10.6 Å². The maximum absolute atomic E-state index is 12.5. The molecule has 1 saturated heterocycles. The molecule has 0 N–H and O–H groups in total. The van der Waals surface area contributed by atoms with Crippen molar-refractivity contribution in [1.82, 2.24) is 19.6 Å². The van der Waals surface area contributed by atoms with Crippen LogP contribution in [-0.4, -0.2) is 38.6 Å². The van der Waals surface area contributed by atoms with Gasteiger partial charge in [-0.1, -0.05) is 9.64 Å². The molecule has 0 radical (unpaired) electrons. The molecule has 0 unspecified atom stereocenters. The number of furan rings is 1. The summed E-state index contributed by atoms with van der Waals surface area (Å²) in [5, 5.41) is 8.24. The van der Waals surface area contributed by atoms with Gasteiger partial charge in [0.1, 0.15) is 4.88 Å². The molecule has 1 fully saturated rings. The summed E-state index contributed by atoms with van der Waals surface area (Å²) in [5.74, 6) is 1.12. The van der Waals surface area contributed by atoms with Crippen LogP contribution in [0.25, 0.3) is 10.6 Å². The van der Waals surface area contributed by atoms with Crippen LogP contribution in [0.2, 0.25) is 0 Å². The monoisotopic (exact) mass is 344 g/mol. The number of hydrogen-bond acceptors (Lipinski definition) is 7. The SMILES string of the molecule is Cc1cc(-c2snnc2[C@H]2CCCN(C(=O)c3ccco3)C2)on1. The van der Waals surface area contributed by atoms with Crippen molar-refractivity contribution in [2.24, 2.45) is 0 Å². The normalized spacial score (nSPS) is 18.0. The Balaban J connectivity index is 1.57. The van der Waals surface area contributed by atoms with Crippen molar-refractivity contribution < 1.29 is 13.7 Å². The number of carbonyl (C=O) groups excluding carboxylic acids is 1. The average Bonchev–Trinajstić information content (AvgIpc) is 3.35. The van der Waals surface area contributed by atoms with Crippen molar-refractivity contribution >= 4 is 17.4 Å². The second-order valence-corrected chi connectivity index (χ2v) is 6.64. The number of hydrogen-bond donors (Lipinski definition) is 0. The standard InChI is InChI=1S/C16H16N4O3S/c1-10-8-13(23-18-10)15-14(17-19-24-15)11-4-2-6-20(9-11)16(21)12-5-3-7-22-12/h3,5,7-8,11H,2,4,6,9H2,1H3/t11-/m0/s1. The zero-order valence-corrected chi connectivity index (χ0v) is 14.0. The van der Waals surface area contributed by atoms with Gasteiger partial charge in [0, 0.05) is 25.1 Å². The molecule has 1 aliphatic heterocycles. The van der Waals surface area contributed by atoms with E-state index in [9.17, 15) is 4.79 Å². The Morgan fingerprint density at radius 3 is 3.12 bits per heavy atom. The maximum Gasteiger partial charge on any atom is 0.289 e. The summed E-state index contributed by atoms with van der Waals surface area (Å²) in [4.78, 5) is 15.2. The zero-order valence-electron chi connectivity index (χ0n) is 13.1. The molecule has 1 aliphatic rings. The molecular weight excluding hydrogens is 328 g/mol. The van der Waals surface area contributed by atoms with Crippen LogP contribution in [-0.2, 0) is 0 Å². The van der Waals surface area contributed by atoms with Crippen molar-refractivity contribution in [2.75, 3.05) is 13.1 Å². The lowest BCUT2D eigenvalue weighted by Gasteiger charge is -2.31. The van der Waals surface area contributed by atoms with E-state index in [0.29, 0.717) is 18.1 Å². The topological polar surface area (TPSA) is 85.3 Å². The molecule has 0 bridgehead atoms. The van der Waals surface area contributed by atoms with E-state index in [1.54, 1.807) is 12.1 Å². The molecule has 0 aliphatic carbocycles. The molecule has 0 aromatic carbocycles. The van der Waals surface area contributed by atoms with E-state index in [0.717, 1.165) is 35.7 Å². The fourth-order valence-electron chi connectivity index (χ4n) is 3.05. The van der Waals surface area contributed by atoms with Gasteiger partial charge >= 0.3 is 0 Å². The summed E-state index contributed by atoms with van der Waals surface area (Å²) in [5.41, 5.74) is 1.70. The largest absolute Gasteiger partial charge is 0.459 e. The van der Waals surface area contributed by atoms with Crippen molar-refractivity contribution in [3.05, 3.63) is 41.6 Å². The van der Waals surface area contributed by atoms with Crippen molar-refractivity contribution in [1.29, 1.82) is 0 Å². The zero-order chi connectivity index (χ0) is 16.5. The third-order valence-electron chi connectivity index (χ3n) is 4.19. The minimum atomic E-state index is -0.0788. The Bertz CT molecular complexity index is 839. The van der Waals surface area contributed by atoms with Gasteiger partial charge in [-0.3, -0.25) is 4.79 Å². The molecule has 24 heavy (non-hydrogen) atoms. The summed E-state index contributed by atoms with van der Waals surface area (Å²) in [6.45, 7) is 3.21. The molecule has 3 aromatic rings. The number of aryl methyl sites for hydroxylation is 1. The van der Waals surface area contributed by atoms with Gasteiger partial charge in [0.2, 0.25) is 0 Å². The number of piperidine rings is 1. The summed E-state index contributed by atoms with van der Waals surface area (Å²) in [7, 11) is 0. The first-order valence-electron chi connectivity index (χ1n) is 7.81. The minimum Gasteiger partial charge on any atom is -0.459 e. The Kier molecular flexibility index (Phi) is 3.89. The van der Waals surface area contributed by atoms with Crippen LogP contribution in [0.4, 0.5) is 0 Å². The van der Waals surface area contributed by atoms with Crippen LogP contribution in [0, 0.1) is 6.92 Å². The summed E-state index contributed by atoms with van der Waals surface area (Å²) >= 11 is 1.30. The fraction of sp³-hybridized carbons (Fsp3) is 0.375. The smallest absolute Gasteiger partial charge is 0.289 e. The summed E-state index contributed by atoms with van der Waals surface area (Å²) in [6.07, 6.45) is 3.40. The highest BCUT2D eigenvalue weighted by Crippen LogP contribution is 2.35. The molecule has 0 saturated carbocycles. The Morgan fingerprint density at radius 1 is 1.46 bits per heavy atom. The lowest BCUT2D eigenvalue weighted by Crippen LogP contribution is -2.39. The lowest BCUT2D eigenvalue weighted by molar-refractivity contribution is 0.0674. The quantitative estimate of drug-likeness (QED) is 0.726. The molecule has 1 amide bonds. The molecule has 4 heterocycles. The van der Waals surface area contributed by atoms with E-state index in [4.69, 9.17) is 8.94 Å². The number of rotatable bonds is 3. The minimum absolute atomic E-state index is 0.0788.